The van der Waals surface area contributed by atoms with Gasteiger partial charge in [-0.15, -0.1) is 0 Å². The van der Waals surface area contributed by atoms with Crippen molar-refractivity contribution < 1.29 is 18.6 Å². The SMILES string of the molecule is COc1cc(F)c(C(O)C2(C)CCCC2)c(F)c1. The Hall–Kier alpha value is -1.16. The Morgan fingerprint density at radius 2 is 1.72 bits per heavy atom. The van der Waals surface area contributed by atoms with Gasteiger partial charge in [0.05, 0.1) is 18.8 Å². The molecule has 0 saturated heterocycles. The van der Waals surface area contributed by atoms with E-state index in [2.05, 4.69) is 0 Å². The van der Waals surface area contributed by atoms with Crippen LogP contribution < -0.4 is 4.74 Å². The second-order valence-electron chi connectivity index (χ2n) is 5.27. The molecule has 0 aromatic heterocycles. The van der Waals surface area contributed by atoms with Crippen LogP contribution in [0.4, 0.5) is 8.78 Å². The minimum absolute atomic E-state index is 0.123. The van der Waals surface area contributed by atoms with Crippen LogP contribution in [0, 0.1) is 17.0 Å². The number of methoxy groups -OCH3 is 1. The highest BCUT2D eigenvalue weighted by Crippen LogP contribution is 2.48. The zero-order chi connectivity index (χ0) is 13.3. The van der Waals surface area contributed by atoms with Crippen molar-refractivity contribution in [2.75, 3.05) is 7.11 Å². The van der Waals surface area contributed by atoms with Gasteiger partial charge in [-0.05, 0) is 18.3 Å². The fraction of sp³-hybridized carbons (Fsp3) is 0.571. The number of hydrogen-bond donors (Lipinski definition) is 1. The van der Waals surface area contributed by atoms with E-state index in [9.17, 15) is 13.9 Å². The molecular formula is C14H18F2O2. The highest BCUT2D eigenvalue weighted by Gasteiger charge is 2.39. The first kappa shape index (κ1) is 13.3. The third kappa shape index (κ3) is 2.21. The molecular weight excluding hydrogens is 238 g/mol. The molecule has 1 aromatic carbocycles. The summed E-state index contributed by atoms with van der Waals surface area (Å²) in [6.07, 6.45) is 2.46. The molecule has 1 unspecified atom stereocenters. The van der Waals surface area contributed by atoms with Crippen molar-refractivity contribution in [3.05, 3.63) is 29.3 Å². The molecule has 1 atom stereocenters. The zero-order valence-electron chi connectivity index (χ0n) is 10.7. The molecule has 1 aliphatic rings. The molecule has 0 amide bonds. The van der Waals surface area contributed by atoms with Crippen LogP contribution >= 0.6 is 0 Å². The minimum Gasteiger partial charge on any atom is -0.497 e. The molecule has 4 heteroatoms. The third-order valence-corrected chi connectivity index (χ3v) is 3.97. The van der Waals surface area contributed by atoms with Gasteiger partial charge in [0.1, 0.15) is 17.4 Å². The minimum atomic E-state index is -1.11. The Kier molecular flexibility index (Phi) is 3.57. The molecule has 0 aliphatic heterocycles. The summed E-state index contributed by atoms with van der Waals surface area (Å²) in [6.45, 7) is 1.88. The molecule has 18 heavy (non-hydrogen) atoms. The van der Waals surface area contributed by atoms with E-state index < -0.39 is 23.2 Å². The number of ether oxygens (including phenoxy) is 1. The molecule has 1 aliphatic carbocycles. The maximum absolute atomic E-state index is 13.9. The normalized spacial score (nSPS) is 19.8. The van der Waals surface area contributed by atoms with Crippen molar-refractivity contribution in [1.82, 2.24) is 0 Å². The predicted octanol–water partition coefficient (Wildman–Crippen LogP) is 3.59. The number of aliphatic hydroxyl groups is 1. The summed E-state index contributed by atoms with van der Waals surface area (Å²) in [5, 5.41) is 10.3. The number of benzene rings is 1. The second kappa shape index (κ2) is 4.84. The smallest absolute Gasteiger partial charge is 0.135 e. The summed E-state index contributed by atoms with van der Waals surface area (Å²) in [5.41, 5.74) is -0.670. The van der Waals surface area contributed by atoms with Crippen molar-refractivity contribution in [3.8, 4) is 5.75 Å². The van der Waals surface area contributed by atoms with Crippen LogP contribution in [-0.2, 0) is 0 Å². The standard InChI is InChI=1S/C14H18F2O2/c1-14(5-3-4-6-14)13(17)12-10(15)7-9(18-2)8-11(12)16/h7-8,13,17H,3-6H2,1-2H3. The van der Waals surface area contributed by atoms with Gasteiger partial charge in [-0.1, -0.05) is 19.8 Å². The highest BCUT2D eigenvalue weighted by atomic mass is 19.1. The van der Waals surface area contributed by atoms with Gasteiger partial charge in [0.15, 0.2) is 0 Å². The van der Waals surface area contributed by atoms with Crippen molar-refractivity contribution >= 4 is 0 Å². The van der Waals surface area contributed by atoms with Gasteiger partial charge in [0.2, 0.25) is 0 Å². The first-order chi connectivity index (χ1) is 8.48. The van der Waals surface area contributed by atoms with Gasteiger partial charge in [-0.2, -0.15) is 0 Å². The summed E-state index contributed by atoms with van der Waals surface area (Å²) in [6, 6.07) is 2.22. The quantitative estimate of drug-likeness (QED) is 0.895. The first-order valence-electron chi connectivity index (χ1n) is 6.19. The van der Waals surface area contributed by atoms with Gasteiger partial charge >= 0.3 is 0 Å². The fourth-order valence-electron chi connectivity index (χ4n) is 2.74. The Morgan fingerprint density at radius 1 is 1.22 bits per heavy atom. The van der Waals surface area contributed by atoms with Gasteiger partial charge in [-0.3, -0.25) is 0 Å². The third-order valence-electron chi connectivity index (χ3n) is 3.97. The van der Waals surface area contributed by atoms with Crippen LogP contribution in [0.1, 0.15) is 44.3 Å². The number of aliphatic hydroxyl groups excluding tert-OH is 1. The monoisotopic (exact) mass is 256 g/mol. The molecule has 2 nitrogen and oxygen atoms in total. The van der Waals surface area contributed by atoms with Crippen molar-refractivity contribution in [2.24, 2.45) is 5.41 Å². The molecule has 0 heterocycles. The number of halogens is 2. The molecule has 0 spiro atoms. The fourth-order valence-corrected chi connectivity index (χ4v) is 2.74. The van der Waals surface area contributed by atoms with Gasteiger partial charge in [0, 0.05) is 12.1 Å². The zero-order valence-corrected chi connectivity index (χ0v) is 10.7. The van der Waals surface area contributed by atoms with E-state index >= 15 is 0 Å². The lowest BCUT2D eigenvalue weighted by molar-refractivity contribution is 0.0348. The van der Waals surface area contributed by atoms with Crippen LogP contribution in [0.25, 0.3) is 0 Å². The van der Waals surface area contributed by atoms with Crippen molar-refractivity contribution in [1.29, 1.82) is 0 Å². The summed E-state index contributed by atoms with van der Waals surface area (Å²) in [4.78, 5) is 0. The lowest BCUT2D eigenvalue weighted by Crippen LogP contribution is -2.24. The highest BCUT2D eigenvalue weighted by molar-refractivity contribution is 5.32. The van der Waals surface area contributed by atoms with E-state index in [0.717, 1.165) is 37.8 Å². The van der Waals surface area contributed by atoms with Gasteiger partial charge in [0.25, 0.3) is 0 Å². The molecule has 1 fully saturated rings. The second-order valence-corrected chi connectivity index (χ2v) is 5.27. The van der Waals surface area contributed by atoms with E-state index in [4.69, 9.17) is 4.74 Å². The maximum Gasteiger partial charge on any atom is 0.135 e. The maximum atomic E-state index is 13.9. The van der Waals surface area contributed by atoms with E-state index in [1.807, 2.05) is 6.92 Å². The molecule has 0 radical (unpaired) electrons. The van der Waals surface area contributed by atoms with Gasteiger partial charge < -0.3 is 9.84 Å². The number of rotatable bonds is 3. The summed E-state index contributed by atoms with van der Waals surface area (Å²) < 4.78 is 32.6. The van der Waals surface area contributed by atoms with Crippen LogP contribution in [0.3, 0.4) is 0 Å². The topological polar surface area (TPSA) is 29.5 Å². The lowest BCUT2D eigenvalue weighted by Gasteiger charge is -2.30. The molecule has 0 bridgehead atoms. The van der Waals surface area contributed by atoms with E-state index in [0.29, 0.717) is 0 Å². The molecule has 1 N–H and O–H groups in total. The van der Waals surface area contributed by atoms with Crippen LogP contribution in [-0.4, -0.2) is 12.2 Å². The lowest BCUT2D eigenvalue weighted by atomic mass is 9.79. The summed E-state index contributed by atoms with van der Waals surface area (Å²) >= 11 is 0. The summed E-state index contributed by atoms with van der Waals surface area (Å²) in [5.74, 6) is -1.36. The van der Waals surface area contributed by atoms with Crippen LogP contribution in [0.5, 0.6) is 5.75 Å². The summed E-state index contributed by atoms with van der Waals surface area (Å²) in [7, 11) is 1.35. The largest absolute Gasteiger partial charge is 0.497 e. The first-order valence-corrected chi connectivity index (χ1v) is 6.19. The van der Waals surface area contributed by atoms with Crippen molar-refractivity contribution in [2.45, 2.75) is 38.7 Å². The predicted molar refractivity (Wildman–Crippen MR) is 64.4 cm³/mol. The molecule has 2 rings (SSSR count). The van der Waals surface area contributed by atoms with Crippen LogP contribution in [0.15, 0.2) is 12.1 Å². The Morgan fingerprint density at radius 3 is 2.17 bits per heavy atom. The van der Waals surface area contributed by atoms with Gasteiger partial charge in [-0.25, -0.2) is 8.78 Å². The average Bonchev–Trinajstić information content (AvgIpc) is 2.76. The number of hydrogen-bond acceptors (Lipinski definition) is 2. The Labute approximate surface area is 106 Å². The Bertz CT molecular complexity index is 416. The Balaban J connectivity index is 2.38. The van der Waals surface area contributed by atoms with Crippen molar-refractivity contribution in [3.63, 3.8) is 0 Å². The van der Waals surface area contributed by atoms with Crippen LogP contribution in [0.2, 0.25) is 0 Å². The molecule has 1 saturated carbocycles. The van der Waals surface area contributed by atoms with E-state index in [1.165, 1.54) is 7.11 Å². The van der Waals surface area contributed by atoms with E-state index in [1.54, 1.807) is 0 Å². The van der Waals surface area contributed by atoms with E-state index in [-0.39, 0.29) is 11.3 Å². The average molecular weight is 256 g/mol. The molecule has 100 valence electrons. The molecule has 1 aromatic rings.